The third-order valence-electron chi connectivity index (χ3n) is 5.10. The molecule has 152 valence electrons. The van der Waals surface area contributed by atoms with Crippen LogP contribution in [0.4, 0.5) is 5.69 Å². The highest BCUT2D eigenvalue weighted by Gasteiger charge is 2.22. The Balaban J connectivity index is 1.74. The minimum atomic E-state index is -0.143. The van der Waals surface area contributed by atoms with Gasteiger partial charge in [-0.05, 0) is 50.5 Å². The molecular formula is C23H24N6O. The van der Waals surface area contributed by atoms with Crippen molar-refractivity contribution >= 4 is 22.6 Å². The van der Waals surface area contributed by atoms with Crippen LogP contribution in [0.15, 0.2) is 36.7 Å². The van der Waals surface area contributed by atoms with E-state index in [0.29, 0.717) is 40.2 Å². The van der Waals surface area contributed by atoms with Gasteiger partial charge in [-0.15, -0.1) is 0 Å². The number of carbonyl (C=O) groups is 1. The first-order chi connectivity index (χ1) is 14.5. The average Bonchev–Trinajstić information content (AvgIpc) is 3.57. The number of aromatic nitrogens is 3. The Morgan fingerprint density at radius 1 is 1.27 bits per heavy atom. The molecule has 4 rings (SSSR count). The summed E-state index contributed by atoms with van der Waals surface area (Å²) < 4.78 is 0. The van der Waals surface area contributed by atoms with Crippen LogP contribution in [0.1, 0.15) is 49.2 Å². The van der Waals surface area contributed by atoms with Gasteiger partial charge in [0.1, 0.15) is 17.3 Å². The molecule has 7 nitrogen and oxygen atoms in total. The maximum atomic E-state index is 12.9. The quantitative estimate of drug-likeness (QED) is 0.623. The molecule has 1 aliphatic rings. The third-order valence-corrected chi connectivity index (χ3v) is 5.10. The monoisotopic (exact) mass is 400 g/mol. The van der Waals surface area contributed by atoms with Gasteiger partial charge in [0.05, 0.1) is 22.5 Å². The fourth-order valence-electron chi connectivity index (χ4n) is 3.38. The molecule has 0 saturated heterocycles. The van der Waals surface area contributed by atoms with Gasteiger partial charge in [0.25, 0.3) is 5.91 Å². The van der Waals surface area contributed by atoms with Crippen LogP contribution in [0.25, 0.3) is 22.3 Å². The van der Waals surface area contributed by atoms with Crippen LogP contribution in [0.2, 0.25) is 0 Å². The van der Waals surface area contributed by atoms with E-state index in [1.165, 1.54) is 12.8 Å². The molecular weight excluding hydrogens is 376 g/mol. The maximum Gasteiger partial charge on any atom is 0.255 e. The molecule has 1 amide bonds. The van der Waals surface area contributed by atoms with E-state index in [9.17, 15) is 4.79 Å². The van der Waals surface area contributed by atoms with Crippen molar-refractivity contribution in [1.29, 1.82) is 5.26 Å². The van der Waals surface area contributed by atoms with Crippen molar-refractivity contribution in [3.05, 3.63) is 47.9 Å². The molecule has 0 radical (unpaired) electrons. The number of hydrogen-bond acceptors (Lipinski definition) is 6. The summed E-state index contributed by atoms with van der Waals surface area (Å²) in [5.41, 5.74) is 4.31. The van der Waals surface area contributed by atoms with Crippen molar-refractivity contribution < 1.29 is 4.79 Å². The van der Waals surface area contributed by atoms with E-state index in [1.807, 2.05) is 32.0 Å². The normalized spacial score (nSPS) is 13.3. The molecule has 3 aromatic heterocycles. The summed E-state index contributed by atoms with van der Waals surface area (Å²) >= 11 is 0. The molecule has 0 aromatic carbocycles. The molecule has 2 N–H and O–H groups in total. The van der Waals surface area contributed by atoms with Crippen LogP contribution < -0.4 is 10.6 Å². The van der Waals surface area contributed by atoms with Gasteiger partial charge in [-0.1, -0.05) is 12.8 Å². The largest absolute Gasteiger partial charge is 0.380 e. The Morgan fingerprint density at radius 2 is 2.10 bits per heavy atom. The summed E-state index contributed by atoms with van der Waals surface area (Å²) in [6, 6.07) is 9.42. The first-order valence-corrected chi connectivity index (χ1v) is 10.3. The standard InChI is InChI=1S/C23H24N6O/c1-14(2)28-21-18(23(30)26-9-7-15-3-4-15)13-27-20-6-5-19(29-22(20)21)16-8-10-25-17(11-16)12-24/h5-6,8,10-11,13-15H,3-4,7,9H2,1-2H3,(H,26,30)(H,27,28). The fraction of sp³-hybridized carbons (Fsp3) is 0.348. The molecule has 3 heterocycles. The lowest BCUT2D eigenvalue weighted by atomic mass is 10.1. The van der Waals surface area contributed by atoms with E-state index in [-0.39, 0.29) is 11.9 Å². The van der Waals surface area contributed by atoms with E-state index in [0.717, 1.165) is 17.9 Å². The zero-order valence-electron chi connectivity index (χ0n) is 17.1. The smallest absolute Gasteiger partial charge is 0.255 e. The Hall–Kier alpha value is -3.53. The minimum absolute atomic E-state index is 0.116. The van der Waals surface area contributed by atoms with Crippen LogP contribution in [0, 0.1) is 17.2 Å². The molecule has 0 spiro atoms. The molecule has 0 aliphatic heterocycles. The molecule has 0 bridgehead atoms. The van der Waals surface area contributed by atoms with Crippen molar-refractivity contribution in [1.82, 2.24) is 20.3 Å². The van der Waals surface area contributed by atoms with Gasteiger partial charge in [-0.25, -0.2) is 9.97 Å². The Morgan fingerprint density at radius 3 is 2.83 bits per heavy atom. The lowest BCUT2D eigenvalue weighted by Gasteiger charge is -2.17. The van der Waals surface area contributed by atoms with Crippen molar-refractivity contribution in [2.45, 2.75) is 39.2 Å². The first-order valence-electron chi connectivity index (χ1n) is 10.3. The SMILES string of the molecule is CC(C)Nc1c(C(=O)NCCC2CC2)cnc2ccc(-c3ccnc(C#N)c3)nc12. The molecule has 1 fully saturated rings. The summed E-state index contributed by atoms with van der Waals surface area (Å²) in [7, 11) is 0. The maximum absolute atomic E-state index is 12.9. The second-order valence-corrected chi connectivity index (χ2v) is 7.94. The number of fused-ring (bicyclic) bond motifs is 1. The highest BCUT2D eigenvalue weighted by molar-refractivity contribution is 6.06. The lowest BCUT2D eigenvalue weighted by molar-refractivity contribution is 0.0953. The summed E-state index contributed by atoms with van der Waals surface area (Å²) in [4.78, 5) is 26.1. The second kappa shape index (κ2) is 8.46. The number of nitrogens with zero attached hydrogens (tertiary/aromatic N) is 4. The fourth-order valence-corrected chi connectivity index (χ4v) is 3.38. The summed E-state index contributed by atoms with van der Waals surface area (Å²) in [5.74, 6) is 0.618. The van der Waals surface area contributed by atoms with Gasteiger partial charge < -0.3 is 10.6 Å². The number of rotatable bonds is 7. The summed E-state index contributed by atoms with van der Waals surface area (Å²) in [6.07, 6.45) is 6.76. The highest BCUT2D eigenvalue weighted by atomic mass is 16.1. The number of nitrogens with one attached hydrogen (secondary N) is 2. The number of nitriles is 1. The van der Waals surface area contributed by atoms with E-state index in [1.54, 1.807) is 18.5 Å². The highest BCUT2D eigenvalue weighted by Crippen LogP contribution is 2.32. The zero-order valence-corrected chi connectivity index (χ0v) is 17.1. The van der Waals surface area contributed by atoms with Crippen LogP contribution in [0.3, 0.4) is 0 Å². The van der Waals surface area contributed by atoms with Gasteiger partial charge in [-0.3, -0.25) is 9.78 Å². The van der Waals surface area contributed by atoms with Gasteiger partial charge in [0.2, 0.25) is 0 Å². The van der Waals surface area contributed by atoms with Crippen LogP contribution in [-0.4, -0.2) is 33.4 Å². The van der Waals surface area contributed by atoms with Gasteiger partial charge in [0, 0.05) is 30.5 Å². The van der Waals surface area contributed by atoms with Gasteiger partial charge >= 0.3 is 0 Å². The Kier molecular flexibility index (Phi) is 5.57. The predicted molar refractivity (Wildman–Crippen MR) is 116 cm³/mol. The molecule has 7 heteroatoms. The molecule has 30 heavy (non-hydrogen) atoms. The van der Waals surface area contributed by atoms with Crippen LogP contribution in [-0.2, 0) is 0 Å². The summed E-state index contributed by atoms with van der Waals surface area (Å²) in [5, 5.41) is 15.5. The number of carbonyl (C=O) groups excluding carboxylic acids is 1. The van der Waals surface area contributed by atoms with Crippen LogP contribution >= 0.6 is 0 Å². The number of pyridine rings is 3. The minimum Gasteiger partial charge on any atom is -0.380 e. The molecule has 1 saturated carbocycles. The molecule has 0 atom stereocenters. The number of hydrogen-bond donors (Lipinski definition) is 2. The molecule has 1 aliphatic carbocycles. The van der Waals surface area contributed by atoms with E-state index in [2.05, 4.69) is 26.7 Å². The van der Waals surface area contributed by atoms with Gasteiger partial charge in [0.15, 0.2) is 0 Å². The van der Waals surface area contributed by atoms with E-state index < -0.39 is 0 Å². The Labute approximate surface area is 175 Å². The number of amides is 1. The third kappa shape index (κ3) is 4.38. The second-order valence-electron chi connectivity index (χ2n) is 7.94. The van der Waals surface area contributed by atoms with Crippen molar-refractivity contribution in [3.63, 3.8) is 0 Å². The number of anilines is 1. The first kappa shape index (κ1) is 19.8. The van der Waals surface area contributed by atoms with Gasteiger partial charge in [-0.2, -0.15) is 5.26 Å². The van der Waals surface area contributed by atoms with E-state index in [4.69, 9.17) is 10.2 Å². The van der Waals surface area contributed by atoms with Crippen molar-refractivity contribution in [2.75, 3.05) is 11.9 Å². The lowest BCUT2D eigenvalue weighted by Crippen LogP contribution is -2.27. The predicted octanol–water partition coefficient (Wildman–Crippen LogP) is 3.91. The Bertz CT molecular complexity index is 1130. The zero-order chi connectivity index (χ0) is 21.1. The van der Waals surface area contributed by atoms with Crippen molar-refractivity contribution in [3.8, 4) is 17.3 Å². The average molecular weight is 400 g/mol. The van der Waals surface area contributed by atoms with Crippen molar-refractivity contribution in [2.24, 2.45) is 5.92 Å². The topological polar surface area (TPSA) is 104 Å². The molecule has 3 aromatic rings. The summed E-state index contributed by atoms with van der Waals surface area (Å²) in [6.45, 7) is 4.71. The van der Waals surface area contributed by atoms with E-state index >= 15 is 0 Å². The molecule has 0 unspecified atom stereocenters. The van der Waals surface area contributed by atoms with Crippen LogP contribution in [0.5, 0.6) is 0 Å².